The number of rotatable bonds is 2. The highest BCUT2D eigenvalue weighted by molar-refractivity contribution is 5.88. The van der Waals surface area contributed by atoms with Crippen LogP contribution in [0.5, 0.6) is 0 Å². The van der Waals surface area contributed by atoms with Crippen molar-refractivity contribution in [3.8, 4) is 0 Å². The average Bonchev–Trinajstić information content (AvgIpc) is 2.89. The Labute approximate surface area is 123 Å². The van der Waals surface area contributed by atoms with Gasteiger partial charge in [-0.1, -0.05) is 18.2 Å². The first-order valence-electron chi connectivity index (χ1n) is 7.13. The second-order valence-corrected chi connectivity index (χ2v) is 5.52. The minimum Gasteiger partial charge on any atom is -0.399 e. The SMILES string of the molecule is Nc1ccc2c(c1)CC(Nc1ncnc3ccccc13)C2. The highest BCUT2D eigenvalue weighted by atomic mass is 15.0. The van der Waals surface area contributed by atoms with Gasteiger partial charge >= 0.3 is 0 Å². The topological polar surface area (TPSA) is 63.8 Å². The van der Waals surface area contributed by atoms with Crippen molar-refractivity contribution in [3.63, 3.8) is 0 Å². The Hall–Kier alpha value is -2.62. The van der Waals surface area contributed by atoms with Gasteiger partial charge in [0.05, 0.1) is 5.52 Å². The predicted octanol–water partition coefficient (Wildman–Crippen LogP) is 2.79. The average molecular weight is 276 g/mol. The molecule has 0 radical (unpaired) electrons. The van der Waals surface area contributed by atoms with Crippen LogP contribution in [-0.4, -0.2) is 16.0 Å². The van der Waals surface area contributed by atoms with Crippen LogP contribution in [0.15, 0.2) is 48.8 Å². The Kier molecular flexibility index (Phi) is 2.74. The molecule has 1 atom stereocenters. The molecule has 0 bridgehead atoms. The zero-order chi connectivity index (χ0) is 14.2. The molecule has 1 aliphatic rings. The maximum absolute atomic E-state index is 5.86. The molecule has 1 unspecified atom stereocenters. The molecule has 1 aromatic heterocycles. The first-order chi connectivity index (χ1) is 10.3. The van der Waals surface area contributed by atoms with Crippen molar-refractivity contribution in [2.45, 2.75) is 18.9 Å². The van der Waals surface area contributed by atoms with Gasteiger partial charge in [-0.05, 0) is 48.2 Å². The zero-order valence-corrected chi connectivity index (χ0v) is 11.6. The van der Waals surface area contributed by atoms with Crippen LogP contribution in [0.3, 0.4) is 0 Å². The third kappa shape index (κ3) is 2.18. The molecule has 0 aliphatic heterocycles. The number of aromatic nitrogens is 2. The van der Waals surface area contributed by atoms with E-state index in [9.17, 15) is 0 Å². The van der Waals surface area contributed by atoms with Gasteiger partial charge in [0.1, 0.15) is 12.1 Å². The summed E-state index contributed by atoms with van der Waals surface area (Å²) in [4.78, 5) is 8.70. The third-order valence-corrected chi connectivity index (χ3v) is 4.05. The maximum atomic E-state index is 5.86. The van der Waals surface area contributed by atoms with E-state index in [-0.39, 0.29) is 0 Å². The molecule has 4 heteroatoms. The molecule has 3 aromatic rings. The third-order valence-electron chi connectivity index (χ3n) is 4.05. The quantitative estimate of drug-likeness (QED) is 0.706. The fourth-order valence-electron chi connectivity index (χ4n) is 3.05. The van der Waals surface area contributed by atoms with Gasteiger partial charge in [0, 0.05) is 17.1 Å². The van der Waals surface area contributed by atoms with E-state index in [4.69, 9.17) is 5.73 Å². The molecule has 1 heterocycles. The molecule has 3 N–H and O–H groups in total. The van der Waals surface area contributed by atoms with Crippen molar-refractivity contribution in [2.24, 2.45) is 0 Å². The van der Waals surface area contributed by atoms with Gasteiger partial charge in [-0.3, -0.25) is 0 Å². The lowest BCUT2D eigenvalue weighted by atomic mass is 10.1. The number of para-hydroxylation sites is 1. The number of nitrogen functional groups attached to an aromatic ring is 1. The first kappa shape index (κ1) is 12.1. The number of nitrogens with one attached hydrogen (secondary N) is 1. The van der Waals surface area contributed by atoms with Gasteiger partial charge in [-0.25, -0.2) is 9.97 Å². The summed E-state index contributed by atoms with van der Waals surface area (Å²) in [7, 11) is 0. The molecule has 1 aliphatic carbocycles. The van der Waals surface area contributed by atoms with Crippen LogP contribution in [0, 0.1) is 0 Å². The molecule has 4 rings (SSSR count). The van der Waals surface area contributed by atoms with Crippen LogP contribution < -0.4 is 11.1 Å². The normalized spacial score (nSPS) is 16.9. The van der Waals surface area contributed by atoms with Crippen LogP contribution in [0.25, 0.3) is 10.9 Å². The van der Waals surface area contributed by atoms with Gasteiger partial charge in [0.25, 0.3) is 0 Å². The van der Waals surface area contributed by atoms with Crippen molar-refractivity contribution in [2.75, 3.05) is 11.1 Å². The van der Waals surface area contributed by atoms with Gasteiger partial charge in [-0.15, -0.1) is 0 Å². The largest absolute Gasteiger partial charge is 0.399 e. The molecule has 0 saturated carbocycles. The molecule has 0 amide bonds. The minimum atomic E-state index is 0.361. The summed E-state index contributed by atoms with van der Waals surface area (Å²) in [6.45, 7) is 0. The maximum Gasteiger partial charge on any atom is 0.137 e. The van der Waals surface area contributed by atoms with E-state index in [2.05, 4.69) is 33.5 Å². The number of nitrogens with zero attached hydrogens (tertiary/aromatic N) is 2. The molecule has 0 fully saturated rings. The van der Waals surface area contributed by atoms with Crippen LogP contribution in [0.2, 0.25) is 0 Å². The molecular formula is C17H16N4. The summed E-state index contributed by atoms with van der Waals surface area (Å²) >= 11 is 0. The van der Waals surface area contributed by atoms with E-state index in [1.54, 1.807) is 6.33 Å². The van der Waals surface area contributed by atoms with Crippen LogP contribution in [0.4, 0.5) is 11.5 Å². The minimum absolute atomic E-state index is 0.361. The molecule has 21 heavy (non-hydrogen) atoms. The smallest absolute Gasteiger partial charge is 0.137 e. The number of benzene rings is 2. The molecule has 4 nitrogen and oxygen atoms in total. The van der Waals surface area contributed by atoms with Gasteiger partial charge in [0.15, 0.2) is 0 Å². The number of anilines is 2. The van der Waals surface area contributed by atoms with Crippen molar-refractivity contribution in [1.82, 2.24) is 9.97 Å². The van der Waals surface area contributed by atoms with E-state index in [0.717, 1.165) is 35.2 Å². The Morgan fingerprint density at radius 2 is 1.86 bits per heavy atom. The van der Waals surface area contributed by atoms with E-state index < -0.39 is 0 Å². The summed E-state index contributed by atoms with van der Waals surface area (Å²) < 4.78 is 0. The molecular weight excluding hydrogens is 260 g/mol. The number of fused-ring (bicyclic) bond motifs is 2. The van der Waals surface area contributed by atoms with Crippen molar-refractivity contribution in [3.05, 3.63) is 59.9 Å². The Morgan fingerprint density at radius 3 is 2.81 bits per heavy atom. The van der Waals surface area contributed by atoms with E-state index in [0.29, 0.717) is 6.04 Å². The van der Waals surface area contributed by atoms with Crippen LogP contribution in [0.1, 0.15) is 11.1 Å². The molecule has 0 spiro atoms. The Bertz CT molecular complexity index is 807. The second-order valence-electron chi connectivity index (χ2n) is 5.52. The lowest BCUT2D eigenvalue weighted by Gasteiger charge is -2.14. The summed E-state index contributed by atoms with van der Waals surface area (Å²) in [6.07, 6.45) is 3.61. The molecule has 0 saturated heterocycles. The van der Waals surface area contributed by atoms with E-state index in [1.165, 1.54) is 11.1 Å². The van der Waals surface area contributed by atoms with Crippen molar-refractivity contribution in [1.29, 1.82) is 0 Å². The van der Waals surface area contributed by atoms with E-state index in [1.807, 2.05) is 24.3 Å². The second kappa shape index (κ2) is 4.74. The highest BCUT2D eigenvalue weighted by Crippen LogP contribution is 2.27. The Balaban J connectivity index is 1.62. The lowest BCUT2D eigenvalue weighted by molar-refractivity contribution is 0.770. The standard InChI is InChI=1S/C17H16N4/c18-13-6-5-11-8-14(9-12(11)7-13)21-17-15-3-1-2-4-16(15)19-10-20-17/h1-7,10,14H,8-9,18H2,(H,19,20,21). The van der Waals surface area contributed by atoms with Gasteiger partial charge < -0.3 is 11.1 Å². The van der Waals surface area contributed by atoms with Crippen molar-refractivity contribution >= 4 is 22.4 Å². The summed E-state index contributed by atoms with van der Waals surface area (Å²) in [5, 5.41) is 4.62. The predicted molar refractivity (Wildman–Crippen MR) is 85.2 cm³/mol. The summed E-state index contributed by atoms with van der Waals surface area (Å²) in [5.41, 5.74) is 10.4. The number of hydrogen-bond acceptors (Lipinski definition) is 4. The van der Waals surface area contributed by atoms with E-state index >= 15 is 0 Å². The monoisotopic (exact) mass is 276 g/mol. The highest BCUT2D eigenvalue weighted by Gasteiger charge is 2.22. The number of nitrogens with two attached hydrogens (primary N) is 1. The van der Waals surface area contributed by atoms with Crippen LogP contribution >= 0.6 is 0 Å². The fraction of sp³-hybridized carbons (Fsp3) is 0.176. The first-order valence-corrected chi connectivity index (χ1v) is 7.13. The van der Waals surface area contributed by atoms with Gasteiger partial charge in [-0.2, -0.15) is 0 Å². The summed E-state index contributed by atoms with van der Waals surface area (Å²) in [6, 6.07) is 14.6. The molecule has 2 aromatic carbocycles. The Morgan fingerprint density at radius 1 is 1.00 bits per heavy atom. The lowest BCUT2D eigenvalue weighted by Crippen LogP contribution is -2.20. The molecule has 104 valence electrons. The fourth-order valence-corrected chi connectivity index (χ4v) is 3.05. The van der Waals surface area contributed by atoms with Gasteiger partial charge in [0.2, 0.25) is 0 Å². The number of hydrogen-bond donors (Lipinski definition) is 2. The summed E-state index contributed by atoms with van der Waals surface area (Å²) in [5.74, 6) is 0.909. The van der Waals surface area contributed by atoms with Crippen molar-refractivity contribution < 1.29 is 0 Å². The zero-order valence-electron chi connectivity index (χ0n) is 11.6. The van der Waals surface area contributed by atoms with Crippen LogP contribution in [-0.2, 0) is 12.8 Å².